The van der Waals surface area contributed by atoms with Gasteiger partial charge in [0.2, 0.25) is 0 Å². The molecule has 2 N–H and O–H groups in total. The van der Waals surface area contributed by atoms with Crippen molar-refractivity contribution >= 4 is 0 Å². The van der Waals surface area contributed by atoms with Gasteiger partial charge in [0.25, 0.3) is 0 Å². The lowest BCUT2D eigenvalue weighted by molar-refractivity contribution is -0.252. The summed E-state index contributed by atoms with van der Waals surface area (Å²) in [7, 11) is 0. The number of hydrogen-bond donors (Lipinski definition) is 2. The molecule has 0 bridgehead atoms. The van der Waals surface area contributed by atoms with E-state index in [2.05, 4.69) is 9.78 Å². The standard InChI is InChI=1S/C10H22O7/c1-9(14-3-5-16-11)7-13-8-10(2)15-4-6-17-12/h9-12H,3-8H2,1-2H3. The van der Waals surface area contributed by atoms with Crippen molar-refractivity contribution in [2.75, 3.05) is 39.6 Å². The summed E-state index contributed by atoms with van der Waals surface area (Å²) in [5.41, 5.74) is 0. The molecule has 0 radical (unpaired) electrons. The van der Waals surface area contributed by atoms with E-state index in [1.165, 1.54) is 0 Å². The summed E-state index contributed by atoms with van der Waals surface area (Å²) < 4.78 is 15.9. The fraction of sp³-hybridized carbons (Fsp3) is 1.00. The number of hydrogen-bond acceptors (Lipinski definition) is 7. The zero-order valence-corrected chi connectivity index (χ0v) is 10.3. The van der Waals surface area contributed by atoms with Crippen molar-refractivity contribution in [3.8, 4) is 0 Å². The molecule has 0 rings (SSSR count). The van der Waals surface area contributed by atoms with E-state index in [1.54, 1.807) is 0 Å². The SMILES string of the molecule is CC(COCC(C)OCCOO)OCCOO. The molecule has 0 saturated carbocycles. The van der Waals surface area contributed by atoms with Crippen molar-refractivity contribution < 1.29 is 34.5 Å². The van der Waals surface area contributed by atoms with E-state index in [1.807, 2.05) is 13.8 Å². The van der Waals surface area contributed by atoms with Gasteiger partial charge in [-0.05, 0) is 13.8 Å². The Morgan fingerprint density at radius 1 is 0.765 bits per heavy atom. The van der Waals surface area contributed by atoms with Gasteiger partial charge in [0.1, 0.15) is 13.2 Å². The molecule has 0 heterocycles. The topological polar surface area (TPSA) is 86.6 Å². The van der Waals surface area contributed by atoms with E-state index in [9.17, 15) is 0 Å². The summed E-state index contributed by atoms with van der Waals surface area (Å²) in [5.74, 6) is 0. The lowest BCUT2D eigenvalue weighted by Gasteiger charge is -2.16. The quantitative estimate of drug-likeness (QED) is 0.302. The van der Waals surface area contributed by atoms with E-state index in [0.29, 0.717) is 26.4 Å². The fourth-order valence-corrected chi connectivity index (χ4v) is 1.07. The largest absolute Gasteiger partial charge is 0.376 e. The lowest BCUT2D eigenvalue weighted by Crippen LogP contribution is -2.23. The molecule has 104 valence electrons. The molecule has 0 fully saturated rings. The summed E-state index contributed by atoms with van der Waals surface area (Å²) in [6.07, 6.45) is -0.142. The molecule has 0 saturated heterocycles. The molecular formula is C10H22O7. The molecule has 0 aliphatic carbocycles. The zero-order valence-electron chi connectivity index (χ0n) is 10.3. The molecule has 7 nitrogen and oxygen atoms in total. The van der Waals surface area contributed by atoms with Crippen LogP contribution in [0.3, 0.4) is 0 Å². The van der Waals surface area contributed by atoms with Crippen molar-refractivity contribution in [3.05, 3.63) is 0 Å². The molecule has 2 unspecified atom stereocenters. The highest BCUT2D eigenvalue weighted by molar-refractivity contribution is 4.51. The Hall–Kier alpha value is -0.280. The van der Waals surface area contributed by atoms with E-state index in [0.717, 1.165) is 0 Å². The van der Waals surface area contributed by atoms with Gasteiger partial charge in [0.15, 0.2) is 0 Å². The summed E-state index contributed by atoms with van der Waals surface area (Å²) >= 11 is 0. The minimum Gasteiger partial charge on any atom is -0.376 e. The zero-order chi connectivity index (χ0) is 12.9. The molecule has 7 heteroatoms. The third kappa shape index (κ3) is 12.0. The van der Waals surface area contributed by atoms with Crippen LogP contribution in [0.1, 0.15) is 13.8 Å². The second-order valence-electron chi connectivity index (χ2n) is 3.57. The van der Waals surface area contributed by atoms with Crippen molar-refractivity contribution in [2.45, 2.75) is 26.1 Å². The van der Waals surface area contributed by atoms with Gasteiger partial charge in [-0.25, -0.2) is 9.78 Å². The predicted molar refractivity (Wildman–Crippen MR) is 58.8 cm³/mol. The second kappa shape index (κ2) is 12.2. The number of rotatable bonds is 12. The summed E-state index contributed by atoms with van der Waals surface area (Å²) in [5, 5.41) is 16.1. The van der Waals surface area contributed by atoms with E-state index in [4.69, 9.17) is 24.7 Å². The van der Waals surface area contributed by atoms with Crippen LogP contribution in [-0.2, 0) is 24.0 Å². The van der Waals surface area contributed by atoms with Gasteiger partial charge in [-0.3, -0.25) is 10.5 Å². The van der Waals surface area contributed by atoms with Gasteiger partial charge in [0.05, 0.1) is 38.6 Å². The second-order valence-corrected chi connectivity index (χ2v) is 3.57. The molecule has 17 heavy (non-hydrogen) atoms. The Morgan fingerprint density at radius 2 is 1.18 bits per heavy atom. The minimum atomic E-state index is -0.0712. The first kappa shape index (κ1) is 16.7. The van der Waals surface area contributed by atoms with Crippen LogP contribution in [0.5, 0.6) is 0 Å². The van der Waals surface area contributed by atoms with Crippen LogP contribution in [-0.4, -0.2) is 62.4 Å². The highest BCUT2D eigenvalue weighted by Gasteiger charge is 2.06. The number of ether oxygens (including phenoxy) is 3. The van der Waals surface area contributed by atoms with Gasteiger partial charge in [0, 0.05) is 0 Å². The van der Waals surface area contributed by atoms with Gasteiger partial charge in [-0.2, -0.15) is 0 Å². The Balaban J connectivity index is 3.29. The van der Waals surface area contributed by atoms with Crippen LogP contribution in [0, 0.1) is 0 Å². The van der Waals surface area contributed by atoms with Crippen molar-refractivity contribution in [3.63, 3.8) is 0 Å². The monoisotopic (exact) mass is 254 g/mol. The average molecular weight is 254 g/mol. The Bertz CT molecular complexity index is 140. The van der Waals surface area contributed by atoms with Crippen molar-refractivity contribution in [1.82, 2.24) is 0 Å². The maximum atomic E-state index is 8.07. The Labute approximate surface area is 101 Å². The Kier molecular flexibility index (Phi) is 12.0. The first-order valence-electron chi connectivity index (χ1n) is 5.54. The third-order valence-electron chi connectivity index (χ3n) is 1.86. The highest BCUT2D eigenvalue weighted by Crippen LogP contribution is 1.96. The summed E-state index contributed by atoms with van der Waals surface area (Å²) in [4.78, 5) is 7.74. The molecule has 0 aliphatic heterocycles. The molecule has 2 atom stereocenters. The first-order valence-corrected chi connectivity index (χ1v) is 5.54. The average Bonchev–Trinajstić information content (AvgIpc) is 2.30. The molecule has 0 amide bonds. The van der Waals surface area contributed by atoms with Crippen LogP contribution in [0.15, 0.2) is 0 Å². The van der Waals surface area contributed by atoms with E-state index < -0.39 is 0 Å². The Morgan fingerprint density at radius 3 is 1.53 bits per heavy atom. The molecule has 0 aromatic heterocycles. The summed E-state index contributed by atoms with van der Waals surface area (Å²) in [6.45, 7) is 5.54. The summed E-state index contributed by atoms with van der Waals surface area (Å²) in [6, 6.07) is 0. The van der Waals surface area contributed by atoms with Gasteiger partial charge in [-0.1, -0.05) is 0 Å². The molecule has 0 aromatic carbocycles. The molecule has 0 spiro atoms. The van der Waals surface area contributed by atoms with Gasteiger partial charge >= 0.3 is 0 Å². The first-order chi connectivity index (χ1) is 8.20. The smallest absolute Gasteiger partial charge is 0.105 e. The molecule has 0 aromatic rings. The molecule has 0 aliphatic rings. The van der Waals surface area contributed by atoms with Crippen molar-refractivity contribution in [1.29, 1.82) is 0 Å². The lowest BCUT2D eigenvalue weighted by atomic mass is 10.4. The van der Waals surface area contributed by atoms with Crippen LogP contribution in [0.4, 0.5) is 0 Å². The van der Waals surface area contributed by atoms with Gasteiger partial charge in [-0.15, -0.1) is 0 Å². The fourth-order valence-electron chi connectivity index (χ4n) is 1.07. The van der Waals surface area contributed by atoms with Crippen LogP contribution in [0.2, 0.25) is 0 Å². The maximum Gasteiger partial charge on any atom is 0.105 e. The van der Waals surface area contributed by atoms with Gasteiger partial charge < -0.3 is 14.2 Å². The van der Waals surface area contributed by atoms with Crippen LogP contribution < -0.4 is 0 Å². The van der Waals surface area contributed by atoms with E-state index >= 15 is 0 Å². The van der Waals surface area contributed by atoms with Crippen LogP contribution >= 0.6 is 0 Å². The van der Waals surface area contributed by atoms with Crippen LogP contribution in [0.25, 0.3) is 0 Å². The maximum absolute atomic E-state index is 8.07. The highest BCUT2D eigenvalue weighted by atomic mass is 17.1. The minimum absolute atomic E-state index is 0.0712. The van der Waals surface area contributed by atoms with Crippen molar-refractivity contribution in [2.24, 2.45) is 0 Å². The predicted octanol–water partition coefficient (Wildman–Crippen LogP) is 0.792. The normalized spacial score (nSPS) is 14.8. The third-order valence-corrected chi connectivity index (χ3v) is 1.86. The molecular weight excluding hydrogens is 232 g/mol. The van der Waals surface area contributed by atoms with E-state index in [-0.39, 0.29) is 25.4 Å².